The monoisotopic (exact) mass is 284 g/mol. The average Bonchev–Trinajstić information content (AvgIpc) is 3.18. The van der Waals surface area contributed by atoms with Crippen molar-refractivity contribution in [2.24, 2.45) is 5.92 Å². The standard InChI is InChI=1S/C16H32N2O2/c1-6-17-16(5,15(19)20-7-2)10-11-18(13(3)4)12-14-8-9-14/h13-14,17H,6-12H2,1-5H3. The fraction of sp³-hybridized carbons (Fsp3) is 0.938. The third-order valence-electron chi connectivity index (χ3n) is 4.11. The molecule has 0 bridgehead atoms. The molecule has 4 nitrogen and oxygen atoms in total. The van der Waals surface area contributed by atoms with Gasteiger partial charge in [-0.3, -0.25) is 4.79 Å². The quantitative estimate of drug-likeness (QED) is 0.626. The molecule has 0 aromatic heterocycles. The Balaban J connectivity index is 2.56. The van der Waals surface area contributed by atoms with E-state index in [2.05, 4.69) is 24.1 Å². The van der Waals surface area contributed by atoms with Crippen LogP contribution in [0, 0.1) is 5.92 Å². The van der Waals surface area contributed by atoms with E-state index in [1.807, 2.05) is 20.8 Å². The zero-order chi connectivity index (χ0) is 15.2. The Hall–Kier alpha value is -0.610. The summed E-state index contributed by atoms with van der Waals surface area (Å²) in [5, 5.41) is 3.31. The van der Waals surface area contributed by atoms with E-state index in [1.54, 1.807) is 0 Å². The van der Waals surface area contributed by atoms with Crippen LogP contribution in [0.2, 0.25) is 0 Å². The molecule has 0 spiro atoms. The zero-order valence-corrected chi connectivity index (χ0v) is 13.9. The largest absolute Gasteiger partial charge is 0.465 e. The molecule has 1 saturated carbocycles. The predicted molar refractivity (Wildman–Crippen MR) is 82.8 cm³/mol. The van der Waals surface area contributed by atoms with Crippen LogP contribution < -0.4 is 5.32 Å². The van der Waals surface area contributed by atoms with Crippen LogP contribution in [-0.2, 0) is 9.53 Å². The molecule has 118 valence electrons. The van der Waals surface area contributed by atoms with Crippen molar-refractivity contribution >= 4 is 5.97 Å². The van der Waals surface area contributed by atoms with Gasteiger partial charge in [0.15, 0.2) is 0 Å². The van der Waals surface area contributed by atoms with Crippen molar-refractivity contribution in [3.8, 4) is 0 Å². The number of nitrogens with one attached hydrogen (secondary N) is 1. The lowest BCUT2D eigenvalue weighted by molar-refractivity contribution is -0.151. The summed E-state index contributed by atoms with van der Waals surface area (Å²) in [5.74, 6) is 0.752. The van der Waals surface area contributed by atoms with Gasteiger partial charge in [0.2, 0.25) is 0 Å². The van der Waals surface area contributed by atoms with E-state index in [9.17, 15) is 4.79 Å². The van der Waals surface area contributed by atoms with Crippen molar-refractivity contribution in [3.63, 3.8) is 0 Å². The summed E-state index contributed by atoms with van der Waals surface area (Å²) in [4.78, 5) is 14.7. The normalized spacial score (nSPS) is 18.4. The van der Waals surface area contributed by atoms with Crippen molar-refractivity contribution in [1.29, 1.82) is 0 Å². The molecule has 1 aliphatic carbocycles. The van der Waals surface area contributed by atoms with Crippen LogP contribution in [0.5, 0.6) is 0 Å². The molecule has 0 aromatic carbocycles. The van der Waals surface area contributed by atoms with Crippen LogP contribution in [0.3, 0.4) is 0 Å². The van der Waals surface area contributed by atoms with Gasteiger partial charge in [-0.05, 0) is 59.4 Å². The van der Waals surface area contributed by atoms with Crippen LogP contribution in [0.1, 0.15) is 53.9 Å². The first-order valence-corrected chi connectivity index (χ1v) is 8.09. The summed E-state index contributed by atoms with van der Waals surface area (Å²) in [7, 11) is 0. The van der Waals surface area contributed by atoms with Crippen molar-refractivity contribution in [1.82, 2.24) is 10.2 Å². The minimum absolute atomic E-state index is 0.128. The molecule has 1 rings (SSSR count). The lowest BCUT2D eigenvalue weighted by atomic mass is 9.97. The first-order chi connectivity index (χ1) is 9.42. The highest BCUT2D eigenvalue weighted by atomic mass is 16.5. The van der Waals surface area contributed by atoms with Gasteiger partial charge in [0.05, 0.1) is 6.61 Å². The number of hydrogen-bond acceptors (Lipinski definition) is 4. The van der Waals surface area contributed by atoms with Gasteiger partial charge in [-0.15, -0.1) is 0 Å². The Morgan fingerprint density at radius 3 is 2.50 bits per heavy atom. The maximum Gasteiger partial charge on any atom is 0.326 e. The fourth-order valence-electron chi connectivity index (χ4n) is 2.50. The van der Waals surface area contributed by atoms with Gasteiger partial charge in [-0.2, -0.15) is 0 Å². The molecule has 1 unspecified atom stereocenters. The van der Waals surface area contributed by atoms with E-state index in [4.69, 9.17) is 4.74 Å². The summed E-state index contributed by atoms with van der Waals surface area (Å²) in [5.41, 5.74) is -0.568. The Labute approximate surface area is 124 Å². The Morgan fingerprint density at radius 1 is 1.40 bits per heavy atom. The second-order valence-electron chi connectivity index (χ2n) is 6.36. The number of carbonyl (C=O) groups is 1. The average molecular weight is 284 g/mol. The van der Waals surface area contributed by atoms with Crippen LogP contribution in [0.4, 0.5) is 0 Å². The fourth-order valence-corrected chi connectivity index (χ4v) is 2.50. The molecule has 0 aliphatic heterocycles. The molecule has 1 fully saturated rings. The van der Waals surface area contributed by atoms with Crippen molar-refractivity contribution in [2.75, 3.05) is 26.2 Å². The van der Waals surface area contributed by atoms with E-state index in [0.29, 0.717) is 12.6 Å². The van der Waals surface area contributed by atoms with Gasteiger partial charge in [-0.25, -0.2) is 0 Å². The molecule has 0 aromatic rings. The second kappa shape index (κ2) is 7.99. The highest BCUT2D eigenvalue weighted by Crippen LogP contribution is 2.30. The van der Waals surface area contributed by atoms with Crippen molar-refractivity contribution in [2.45, 2.75) is 65.5 Å². The molecule has 4 heteroatoms. The molecule has 0 radical (unpaired) electrons. The van der Waals surface area contributed by atoms with Crippen LogP contribution >= 0.6 is 0 Å². The topological polar surface area (TPSA) is 41.6 Å². The van der Waals surface area contributed by atoms with E-state index < -0.39 is 5.54 Å². The molecule has 0 heterocycles. The van der Waals surface area contributed by atoms with E-state index >= 15 is 0 Å². The number of carbonyl (C=O) groups excluding carboxylic acids is 1. The first kappa shape index (κ1) is 17.4. The number of likely N-dealkylation sites (N-methyl/N-ethyl adjacent to an activating group) is 1. The third-order valence-corrected chi connectivity index (χ3v) is 4.11. The van der Waals surface area contributed by atoms with Gasteiger partial charge in [0.25, 0.3) is 0 Å². The van der Waals surface area contributed by atoms with Crippen molar-refractivity contribution in [3.05, 3.63) is 0 Å². The van der Waals surface area contributed by atoms with Gasteiger partial charge in [0, 0.05) is 19.1 Å². The summed E-state index contributed by atoms with van der Waals surface area (Å²) < 4.78 is 5.23. The summed E-state index contributed by atoms with van der Waals surface area (Å²) >= 11 is 0. The molecule has 1 N–H and O–H groups in total. The van der Waals surface area contributed by atoms with E-state index in [-0.39, 0.29) is 5.97 Å². The van der Waals surface area contributed by atoms with Gasteiger partial charge in [-0.1, -0.05) is 6.92 Å². The Kier molecular flexibility index (Phi) is 6.96. The number of hydrogen-bond donors (Lipinski definition) is 1. The molecule has 1 atom stereocenters. The van der Waals surface area contributed by atoms with Crippen molar-refractivity contribution < 1.29 is 9.53 Å². The highest BCUT2D eigenvalue weighted by molar-refractivity contribution is 5.80. The Morgan fingerprint density at radius 2 is 2.05 bits per heavy atom. The van der Waals surface area contributed by atoms with Crippen LogP contribution in [0.15, 0.2) is 0 Å². The Bertz CT molecular complexity index is 303. The van der Waals surface area contributed by atoms with Gasteiger partial charge in [0.1, 0.15) is 5.54 Å². The smallest absolute Gasteiger partial charge is 0.326 e. The van der Waals surface area contributed by atoms with Gasteiger partial charge < -0.3 is 15.0 Å². The SMILES string of the molecule is CCNC(C)(CCN(CC1CC1)C(C)C)C(=O)OCC. The number of ether oxygens (including phenoxy) is 1. The van der Waals surface area contributed by atoms with Crippen LogP contribution in [-0.4, -0.2) is 48.7 Å². The highest BCUT2D eigenvalue weighted by Gasteiger charge is 2.35. The van der Waals surface area contributed by atoms with Crippen LogP contribution in [0.25, 0.3) is 0 Å². The minimum atomic E-state index is -0.568. The molecule has 1 aliphatic rings. The second-order valence-corrected chi connectivity index (χ2v) is 6.36. The summed E-state index contributed by atoms with van der Waals surface area (Å²) in [6.07, 6.45) is 3.53. The van der Waals surface area contributed by atoms with Gasteiger partial charge >= 0.3 is 5.97 Å². The predicted octanol–water partition coefficient (Wildman–Crippen LogP) is 2.43. The summed E-state index contributed by atoms with van der Waals surface area (Å²) in [6, 6.07) is 0.531. The minimum Gasteiger partial charge on any atom is -0.465 e. The molecular formula is C16H32N2O2. The maximum atomic E-state index is 12.2. The number of rotatable bonds is 10. The lowest BCUT2D eigenvalue weighted by Crippen LogP contribution is -2.52. The zero-order valence-electron chi connectivity index (χ0n) is 13.9. The molecule has 0 saturated heterocycles. The summed E-state index contributed by atoms with van der Waals surface area (Å²) in [6.45, 7) is 13.6. The number of nitrogens with zero attached hydrogens (tertiary/aromatic N) is 1. The number of esters is 1. The lowest BCUT2D eigenvalue weighted by Gasteiger charge is -2.33. The molecular weight excluding hydrogens is 252 g/mol. The maximum absolute atomic E-state index is 12.2. The van der Waals surface area contributed by atoms with E-state index in [0.717, 1.165) is 25.4 Å². The molecule has 20 heavy (non-hydrogen) atoms. The van der Waals surface area contributed by atoms with E-state index in [1.165, 1.54) is 19.4 Å². The molecule has 0 amide bonds. The first-order valence-electron chi connectivity index (χ1n) is 8.09. The third kappa shape index (κ3) is 5.41.